The number of nitrogens with zero attached hydrogens (tertiary/aromatic N) is 3. The Labute approximate surface area is 98.2 Å². The van der Waals surface area contributed by atoms with Gasteiger partial charge in [-0.1, -0.05) is 0 Å². The lowest BCUT2D eigenvalue weighted by Crippen LogP contribution is -2.06. The van der Waals surface area contributed by atoms with E-state index in [-0.39, 0.29) is 6.42 Å². The number of aryl methyl sites for hydroxylation is 1. The number of rotatable bonds is 3. The molecule has 17 heavy (non-hydrogen) atoms. The normalized spacial score (nSPS) is 10.2. The SMILES string of the molecule is Cc1cc(-c2cccnc2)nc(CC(=O)O)n1. The van der Waals surface area contributed by atoms with E-state index in [1.54, 1.807) is 12.4 Å². The second kappa shape index (κ2) is 4.69. The number of carbonyl (C=O) groups is 1. The van der Waals surface area contributed by atoms with Crippen molar-refractivity contribution in [1.82, 2.24) is 15.0 Å². The van der Waals surface area contributed by atoms with Crippen LogP contribution >= 0.6 is 0 Å². The van der Waals surface area contributed by atoms with Gasteiger partial charge in [0.2, 0.25) is 0 Å². The van der Waals surface area contributed by atoms with Gasteiger partial charge in [0, 0.05) is 23.7 Å². The van der Waals surface area contributed by atoms with Gasteiger partial charge < -0.3 is 5.11 Å². The van der Waals surface area contributed by atoms with Crippen LogP contribution in [0.2, 0.25) is 0 Å². The fourth-order valence-corrected chi connectivity index (χ4v) is 1.51. The summed E-state index contributed by atoms with van der Waals surface area (Å²) in [6.07, 6.45) is 3.19. The van der Waals surface area contributed by atoms with Crippen molar-refractivity contribution in [3.05, 3.63) is 42.1 Å². The molecular formula is C12H11N3O2. The van der Waals surface area contributed by atoms with Crippen LogP contribution in [0.4, 0.5) is 0 Å². The number of pyridine rings is 1. The van der Waals surface area contributed by atoms with Crippen LogP contribution in [0.3, 0.4) is 0 Å². The molecule has 2 aromatic heterocycles. The molecule has 5 heteroatoms. The Morgan fingerprint density at radius 1 is 1.41 bits per heavy atom. The summed E-state index contributed by atoms with van der Waals surface area (Å²) < 4.78 is 0. The Balaban J connectivity index is 2.42. The fraction of sp³-hybridized carbons (Fsp3) is 0.167. The average molecular weight is 229 g/mol. The molecule has 2 heterocycles. The van der Waals surface area contributed by atoms with Crippen LogP contribution in [0.15, 0.2) is 30.6 Å². The molecule has 5 nitrogen and oxygen atoms in total. The van der Waals surface area contributed by atoms with E-state index in [1.165, 1.54) is 0 Å². The molecular weight excluding hydrogens is 218 g/mol. The van der Waals surface area contributed by atoms with Gasteiger partial charge in [0.1, 0.15) is 12.2 Å². The predicted octanol–water partition coefficient (Wildman–Crippen LogP) is 1.47. The minimum Gasteiger partial charge on any atom is -0.481 e. The Morgan fingerprint density at radius 3 is 2.88 bits per heavy atom. The summed E-state index contributed by atoms with van der Waals surface area (Å²) in [5, 5.41) is 8.73. The Hall–Kier alpha value is -2.30. The third-order valence-electron chi connectivity index (χ3n) is 2.17. The minimum absolute atomic E-state index is 0.172. The number of carboxylic acids is 1. The van der Waals surface area contributed by atoms with Crippen molar-refractivity contribution < 1.29 is 9.90 Å². The van der Waals surface area contributed by atoms with Gasteiger partial charge in [0.25, 0.3) is 0 Å². The van der Waals surface area contributed by atoms with Gasteiger partial charge >= 0.3 is 5.97 Å². The molecule has 0 atom stereocenters. The monoisotopic (exact) mass is 229 g/mol. The van der Waals surface area contributed by atoms with Crippen LogP contribution < -0.4 is 0 Å². The molecule has 86 valence electrons. The minimum atomic E-state index is -0.937. The molecule has 0 radical (unpaired) electrons. The van der Waals surface area contributed by atoms with Crippen LogP contribution in [-0.4, -0.2) is 26.0 Å². The number of carboxylic acid groups (broad SMARTS) is 1. The van der Waals surface area contributed by atoms with Gasteiger partial charge in [-0.25, -0.2) is 9.97 Å². The molecule has 0 saturated heterocycles. The van der Waals surface area contributed by atoms with Crippen molar-refractivity contribution in [2.75, 3.05) is 0 Å². The van der Waals surface area contributed by atoms with Crippen molar-refractivity contribution in [2.24, 2.45) is 0 Å². The summed E-state index contributed by atoms with van der Waals surface area (Å²) in [7, 11) is 0. The summed E-state index contributed by atoms with van der Waals surface area (Å²) in [5.74, 6) is -0.621. The Bertz CT molecular complexity index is 541. The van der Waals surface area contributed by atoms with Crippen LogP contribution in [-0.2, 0) is 11.2 Å². The summed E-state index contributed by atoms with van der Waals surface area (Å²) in [5.41, 5.74) is 2.29. The van der Waals surface area contributed by atoms with Crippen molar-refractivity contribution in [1.29, 1.82) is 0 Å². The van der Waals surface area contributed by atoms with Crippen LogP contribution in [0, 0.1) is 6.92 Å². The number of hydrogen-bond donors (Lipinski definition) is 1. The zero-order valence-electron chi connectivity index (χ0n) is 9.29. The van der Waals surface area contributed by atoms with E-state index in [0.29, 0.717) is 11.5 Å². The Kier molecular flexibility index (Phi) is 3.09. The van der Waals surface area contributed by atoms with Gasteiger partial charge in [-0.3, -0.25) is 9.78 Å². The summed E-state index contributed by atoms with van der Waals surface area (Å²) in [6, 6.07) is 5.49. The second-order valence-corrected chi connectivity index (χ2v) is 3.62. The second-order valence-electron chi connectivity index (χ2n) is 3.62. The third kappa shape index (κ3) is 2.84. The molecule has 0 saturated carbocycles. The fourth-order valence-electron chi connectivity index (χ4n) is 1.51. The maximum absolute atomic E-state index is 10.6. The molecule has 0 amide bonds. The van der Waals surface area contributed by atoms with Crippen LogP contribution in [0.5, 0.6) is 0 Å². The zero-order valence-corrected chi connectivity index (χ0v) is 9.29. The molecule has 2 aromatic rings. The molecule has 0 aliphatic carbocycles. The number of aromatic nitrogens is 3. The van der Waals surface area contributed by atoms with E-state index in [2.05, 4.69) is 15.0 Å². The topological polar surface area (TPSA) is 76.0 Å². The molecule has 1 N–H and O–H groups in total. The predicted molar refractivity (Wildman–Crippen MR) is 61.3 cm³/mol. The van der Waals surface area contributed by atoms with E-state index < -0.39 is 5.97 Å². The van der Waals surface area contributed by atoms with Gasteiger partial charge in [-0.2, -0.15) is 0 Å². The standard InChI is InChI=1S/C12H11N3O2/c1-8-5-10(9-3-2-4-13-7-9)15-11(14-8)6-12(16)17/h2-5,7H,6H2,1H3,(H,16,17). The highest BCUT2D eigenvalue weighted by Crippen LogP contribution is 2.16. The highest BCUT2D eigenvalue weighted by Gasteiger charge is 2.07. The molecule has 0 aromatic carbocycles. The van der Waals surface area contributed by atoms with Crippen molar-refractivity contribution >= 4 is 5.97 Å². The van der Waals surface area contributed by atoms with Crippen molar-refractivity contribution in [3.63, 3.8) is 0 Å². The highest BCUT2D eigenvalue weighted by molar-refractivity contribution is 5.69. The summed E-state index contributed by atoms with van der Waals surface area (Å²) in [4.78, 5) is 22.9. The number of hydrogen-bond acceptors (Lipinski definition) is 4. The molecule has 0 bridgehead atoms. The van der Waals surface area contributed by atoms with Gasteiger partial charge in [-0.15, -0.1) is 0 Å². The molecule has 0 aliphatic rings. The van der Waals surface area contributed by atoms with Crippen LogP contribution in [0.1, 0.15) is 11.5 Å². The lowest BCUT2D eigenvalue weighted by molar-refractivity contribution is -0.136. The Morgan fingerprint density at radius 2 is 2.24 bits per heavy atom. The lowest BCUT2D eigenvalue weighted by Gasteiger charge is -2.04. The smallest absolute Gasteiger partial charge is 0.311 e. The van der Waals surface area contributed by atoms with Gasteiger partial charge in [0.05, 0.1) is 5.69 Å². The average Bonchev–Trinajstić information content (AvgIpc) is 2.28. The first-order chi connectivity index (χ1) is 8.15. The zero-order chi connectivity index (χ0) is 12.3. The molecule has 0 fully saturated rings. The van der Waals surface area contributed by atoms with E-state index in [1.807, 2.05) is 25.1 Å². The van der Waals surface area contributed by atoms with E-state index in [4.69, 9.17) is 5.11 Å². The first-order valence-corrected chi connectivity index (χ1v) is 5.12. The third-order valence-corrected chi connectivity index (χ3v) is 2.17. The maximum atomic E-state index is 10.6. The first kappa shape index (κ1) is 11.2. The largest absolute Gasteiger partial charge is 0.481 e. The van der Waals surface area contributed by atoms with Gasteiger partial charge in [-0.05, 0) is 25.1 Å². The van der Waals surface area contributed by atoms with Crippen molar-refractivity contribution in [3.8, 4) is 11.3 Å². The molecule has 0 spiro atoms. The van der Waals surface area contributed by atoms with Crippen LogP contribution in [0.25, 0.3) is 11.3 Å². The van der Waals surface area contributed by atoms with Gasteiger partial charge in [0.15, 0.2) is 0 Å². The van der Waals surface area contributed by atoms with Crippen molar-refractivity contribution in [2.45, 2.75) is 13.3 Å². The highest BCUT2D eigenvalue weighted by atomic mass is 16.4. The lowest BCUT2D eigenvalue weighted by atomic mass is 10.2. The van der Waals surface area contributed by atoms with E-state index in [9.17, 15) is 4.79 Å². The van der Waals surface area contributed by atoms with E-state index in [0.717, 1.165) is 11.3 Å². The molecule has 0 aliphatic heterocycles. The quantitative estimate of drug-likeness (QED) is 0.862. The first-order valence-electron chi connectivity index (χ1n) is 5.12. The molecule has 2 rings (SSSR count). The molecule has 0 unspecified atom stereocenters. The maximum Gasteiger partial charge on any atom is 0.311 e. The number of aliphatic carboxylic acids is 1. The summed E-state index contributed by atoms with van der Waals surface area (Å²) in [6.45, 7) is 1.81. The van der Waals surface area contributed by atoms with E-state index >= 15 is 0 Å². The summed E-state index contributed by atoms with van der Waals surface area (Å²) >= 11 is 0.